The van der Waals surface area contributed by atoms with Crippen LogP contribution in [0.2, 0.25) is 5.02 Å². The van der Waals surface area contributed by atoms with E-state index >= 15 is 0 Å². The molecule has 0 unspecified atom stereocenters. The molecular formula is C12H13BrClF2NO. The average molecular weight is 341 g/mol. The van der Waals surface area contributed by atoms with E-state index in [9.17, 15) is 8.78 Å². The first-order chi connectivity index (χ1) is 8.39. The van der Waals surface area contributed by atoms with Gasteiger partial charge in [0.05, 0.1) is 18.8 Å². The maximum Gasteiger partial charge on any atom is 0.273 e. The molecule has 1 aromatic rings. The minimum Gasteiger partial charge on any atom is -0.378 e. The van der Waals surface area contributed by atoms with Crippen LogP contribution in [0.3, 0.4) is 0 Å². The van der Waals surface area contributed by atoms with Crippen molar-refractivity contribution in [1.82, 2.24) is 0 Å². The maximum absolute atomic E-state index is 13.7. The number of nitrogens with zero attached hydrogens (tertiary/aromatic N) is 1. The summed E-state index contributed by atoms with van der Waals surface area (Å²) in [6.07, 6.45) is 0. The van der Waals surface area contributed by atoms with Gasteiger partial charge >= 0.3 is 0 Å². The highest BCUT2D eigenvalue weighted by Gasteiger charge is 2.33. The van der Waals surface area contributed by atoms with Gasteiger partial charge in [0, 0.05) is 35.2 Å². The molecule has 0 aromatic heterocycles. The molecule has 2 nitrogen and oxygen atoms in total. The molecule has 6 heteroatoms. The Morgan fingerprint density at radius 3 is 2.50 bits per heavy atom. The van der Waals surface area contributed by atoms with Gasteiger partial charge in [-0.2, -0.15) is 0 Å². The van der Waals surface area contributed by atoms with E-state index in [4.69, 9.17) is 16.3 Å². The van der Waals surface area contributed by atoms with Crippen molar-refractivity contribution in [2.24, 2.45) is 0 Å². The van der Waals surface area contributed by atoms with Crippen LogP contribution in [-0.2, 0) is 10.7 Å². The first kappa shape index (κ1) is 14.0. The number of hydrogen-bond donors (Lipinski definition) is 0. The smallest absolute Gasteiger partial charge is 0.273 e. The molecule has 1 aromatic carbocycles. The van der Waals surface area contributed by atoms with Gasteiger partial charge in [0.25, 0.3) is 5.92 Å². The lowest BCUT2D eigenvalue weighted by Gasteiger charge is -2.32. The van der Waals surface area contributed by atoms with Gasteiger partial charge in [0.2, 0.25) is 0 Å². The highest BCUT2D eigenvalue weighted by atomic mass is 79.9. The second kappa shape index (κ2) is 5.31. The molecule has 0 aliphatic carbocycles. The van der Waals surface area contributed by atoms with Gasteiger partial charge in [-0.3, -0.25) is 0 Å². The van der Waals surface area contributed by atoms with E-state index in [0.29, 0.717) is 41.5 Å². The molecule has 0 spiro atoms. The van der Waals surface area contributed by atoms with Crippen LogP contribution < -0.4 is 4.90 Å². The number of halogens is 4. The van der Waals surface area contributed by atoms with Crippen molar-refractivity contribution >= 4 is 33.2 Å². The van der Waals surface area contributed by atoms with E-state index in [1.165, 1.54) is 6.07 Å². The molecule has 0 bridgehead atoms. The Morgan fingerprint density at radius 1 is 1.33 bits per heavy atom. The standard InChI is InChI=1S/C12H13BrClF2NO/c1-12(15,16)11-9(13)6-8(14)7-10(11)17-2-4-18-5-3-17/h6-7H,2-5H2,1H3. The van der Waals surface area contributed by atoms with Gasteiger partial charge < -0.3 is 9.64 Å². The van der Waals surface area contributed by atoms with Crippen LogP contribution >= 0.6 is 27.5 Å². The molecule has 0 radical (unpaired) electrons. The molecule has 0 atom stereocenters. The van der Waals surface area contributed by atoms with Crippen molar-refractivity contribution in [1.29, 1.82) is 0 Å². The quantitative estimate of drug-likeness (QED) is 0.805. The second-order valence-electron chi connectivity index (χ2n) is 4.27. The van der Waals surface area contributed by atoms with Gasteiger partial charge in [0.15, 0.2) is 0 Å². The van der Waals surface area contributed by atoms with Crippen molar-refractivity contribution in [3.8, 4) is 0 Å². The van der Waals surface area contributed by atoms with Gasteiger partial charge in [-0.15, -0.1) is 0 Å². The van der Waals surface area contributed by atoms with Crippen LogP contribution in [0.4, 0.5) is 14.5 Å². The van der Waals surface area contributed by atoms with E-state index < -0.39 is 5.92 Å². The minimum atomic E-state index is -2.92. The molecular weight excluding hydrogens is 327 g/mol. The average Bonchev–Trinajstić information content (AvgIpc) is 2.27. The third kappa shape index (κ3) is 2.95. The van der Waals surface area contributed by atoms with Gasteiger partial charge in [-0.05, 0) is 12.1 Å². The predicted molar refractivity (Wildman–Crippen MR) is 71.8 cm³/mol. The van der Waals surface area contributed by atoms with Crippen LogP contribution in [0.1, 0.15) is 12.5 Å². The van der Waals surface area contributed by atoms with Gasteiger partial charge in [-0.25, -0.2) is 8.78 Å². The maximum atomic E-state index is 13.7. The summed E-state index contributed by atoms with van der Waals surface area (Å²) in [7, 11) is 0. The zero-order valence-electron chi connectivity index (χ0n) is 9.85. The lowest BCUT2D eigenvalue weighted by molar-refractivity contribution is 0.0169. The van der Waals surface area contributed by atoms with Crippen molar-refractivity contribution in [2.45, 2.75) is 12.8 Å². The highest BCUT2D eigenvalue weighted by molar-refractivity contribution is 9.10. The molecule has 0 saturated carbocycles. The van der Waals surface area contributed by atoms with Crippen molar-refractivity contribution in [3.63, 3.8) is 0 Å². The molecule has 1 heterocycles. The second-order valence-corrected chi connectivity index (χ2v) is 5.56. The van der Waals surface area contributed by atoms with Crippen LogP contribution in [0, 0.1) is 0 Å². The van der Waals surface area contributed by atoms with Crippen LogP contribution in [0.5, 0.6) is 0 Å². The van der Waals surface area contributed by atoms with E-state index in [1.54, 1.807) is 6.07 Å². The largest absolute Gasteiger partial charge is 0.378 e. The number of hydrogen-bond acceptors (Lipinski definition) is 2. The Bertz CT molecular complexity index is 444. The fourth-order valence-electron chi connectivity index (χ4n) is 2.05. The van der Waals surface area contributed by atoms with E-state index in [1.807, 2.05) is 4.90 Å². The summed E-state index contributed by atoms with van der Waals surface area (Å²) in [4.78, 5) is 1.88. The zero-order valence-corrected chi connectivity index (χ0v) is 12.2. The molecule has 1 saturated heterocycles. The van der Waals surface area contributed by atoms with Gasteiger partial charge in [-0.1, -0.05) is 27.5 Å². The normalized spacial score (nSPS) is 17.1. The summed E-state index contributed by atoms with van der Waals surface area (Å²) in [5.74, 6) is -2.92. The number of rotatable bonds is 2. The highest BCUT2D eigenvalue weighted by Crippen LogP contribution is 2.42. The van der Waals surface area contributed by atoms with Crippen molar-refractivity contribution in [2.75, 3.05) is 31.2 Å². The predicted octanol–water partition coefficient (Wildman–Crippen LogP) is 4.05. The molecule has 18 heavy (non-hydrogen) atoms. The summed E-state index contributed by atoms with van der Waals surface area (Å²) >= 11 is 9.14. The molecule has 1 aliphatic rings. The summed E-state index contributed by atoms with van der Waals surface area (Å²) in [6, 6.07) is 3.09. The summed E-state index contributed by atoms with van der Waals surface area (Å²) in [5.41, 5.74) is 0.457. The summed E-state index contributed by atoms with van der Waals surface area (Å²) in [5, 5.41) is 0.441. The Labute approximate surface area is 118 Å². The lowest BCUT2D eigenvalue weighted by Crippen LogP contribution is -2.37. The monoisotopic (exact) mass is 339 g/mol. The number of ether oxygens (including phenoxy) is 1. The fraction of sp³-hybridized carbons (Fsp3) is 0.500. The summed E-state index contributed by atoms with van der Waals surface area (Å²) in [6.45, 7) is 3.16. The van der Waals surface area contributed by atoms with Crippen molar-refractivity contribution < 1.29 is 13.5 Å². The number of alkyl halides is 2. The topological polar surface area (TPSA) is 12.5 Å². The van der Waals surface area contributed by atoms with Crippen LogP contribution in [-0.4, -0.2) is 26.3 Å². The van der Waals surface area contributed by atoms with E-state index in [0.717, 1.165) is 6.92 Å². The van der Waals surface area contributed by atoms with E-state index in [-0.39, 0.29) is 5.56 Å². The van der Waals surface area contributed by atoms with Crippen LogP contribution in [0.25, 0.3) is 0 Å². The number of benzene rings is 1. The SMILES string of the molecule is CC(F)(F)c1c(Br)cc(Cl)cc1N1CCOCC1. The first-order valence-corrected chi connectivity index (χ1v) is 6.77. The Hall–Kier alpha value is -0.390. The molecule has 100 valence electrons. The number of morpholine rings is 1. The Kier molecular flexibility index (Phi) is 4.14. The van der Waals surface area contributed by atoms with Gasteiger partial charge in [0.1, 0.15) is 0 Å². The zero-order chi connectivity index (χ0) is 13.3. The molecule has 1 aliphatic heterocycles. The third-order valence-electron chi connectivity index (χ3n) is 2.82. The number of anilines is 1. The Morgan fingerprint density at radius 2 is 1.94 bits per heavy atom. The Balaban J connectivity index is 2.49. The first-order valence-electron chi connectivity index (χ1n) is 5.59. The lowest BCUT2D eigenvalue weighted by atomic mass is 10.1. The third-order valence-corrected chi connectivity index (χ3v) is 3.67. The van der Waals surface area contributed by atoms with E-state index in [2.05, 4.69) is 15.9 Å². The molecule has 0 amide bonds. The molecule has 0 N–H and O–H groups in total. The minimum absolute atomic E-state index is 0.0196. The molecule has 1 fully saturated rings. The van der Waals surface area contributed by atoms with Crippen LogP contribution in [0.15, 0.2) is 16.6 Å². The molecule has 2 rings (SSSR count). The van der Waals surface area contributed by atoms with Crippen molar-refractivity contribution in [3.05, 3.63) is 27.2 Å². The summed E-state index contributed by atoms with van der Waals surface area (Å²) < 4.78 is 33.0. The fourth-order valence-corrected chi connectivity index (χ4v) is 3.19.